The molecule has 4 aliphatic heterocycles. The lowest BCUT2D eigenvalue weighted by Crippen LogP contribution is -2.46. The van der Waals surface area contributed by atoms with Gasteiger partial charge in [-0.05, 0) is 55.4 Å². The van der Waals surface area contributed by atoms with Gasteiger partial charge < -0.3 is 29.3 Å². The molecule has 1 unspecified atom stereocenters. The number of ether oxygens (including phenoxy) is 1. The Hall–Kier alpha value is -3.31. The number of aliphatic hydroxyl groups is 1. The van der Waals surface area contributed by atoms with E-state index in [1.807, 2.05) is 18.2 Å². The highest BCUT2D eigenvalue weighted by Gasteiger charge is 2.34. The maximum Gasteiger partial charge on any atom is 0.243 e. The predicted octanol–water partition coefficient (Wildman–Crippen LogP) is 4.39. The van der Waals surface area contributed by atoms with Crippen molar-refractivity contribution in [1.29, 1.82) is 0 Å². The zero-order valence-corrected chi connectivity index (χ0v) is 25.1. The van der Waals surface area contributed by atoms with Crippen LogP contribution < -0.4 is 14.5 Å². The fourth-order valence-corrected chi connectivity index (χ4v) is 6.55. The summed E-state index contributed by atoms with van der Waals surface area (Å²) in [5.41, 5.74) is 5.01. The van der Waals surface area contributed by atoms with E-state index in [2.05, 4.69) is 67.9 Å². The summed E-state index contributed by atoms with van der Waals surface area (Å²) in [6.45, 7) is 15.5. The van der Waals surface area contributed by atoms with Crippen molar-refractivity contribution in [2.24, 2.45) is 21.5 Å². The Morgan fingerprint density at radius 3 is 2.83 bits per heavy atom. The molecular weight excluding hydrogens is 536 g/mol. The van der Waals surface area contributed by atoms with Gasteiger partial charge >= 0.3 is 0 Å². The molecule has 0 saturated carbocycles. The molecular formula is C30H42N8O2S. The van der Waals surface area contributed by atoms with E-state index in [0.29, 0.717) is 17.6 Å². The number of anilines is 3. The molecule has 0 amide bonds. The number of fused-ring (bicyclic) bond motifs is 6. The van der Waals surface area contributed by atoms with Crippen LogP contribution in [0.4, 0.5) is 17.3 Å². The minimum Gasteiger partial charge on any atom is -0.470 e. The average Bonchev–Trinajstić information content (AvgIpc) is 2.99. The average molecular weight is 579 g/mol. The van der Waals surface area contributed by atoms with E-state index in [1.165, 1.54) is 17.6 Å². The minimum absolute atomic E-state index is 0.118. The van der Waals surface area contributed by atoms with Crippen molar-refractivity contribution in [3.05, 3.63) is 54.0 Å². The van der Waals surface area contributed by atoms with Gasteiger partial charge in [0, 0.05) is 75.7 Å². The second-order valence-corrected chi connectivity index (χ2v) is 12.4. The maximum absolute atomic E-state index is 9.22. The lowest BCUT2D eigenvalue weighted by Gasteiger charge is -2.45. The van der Waals surface area contributed by atoms with Crippen molar-refractivity contribution in [2.75, 3.05) is 66.7 Å². The number of aliphatic hydroxyl groups excluding tert-OH is 1. The number of aromatic nitrogens is 2. The van der Waals surface area contributed by atoms with Crippen molar-refractivity contribution in [3.8, 4) is 0 Å². The Labute approximate surface area is 247 Å². The monoisotopic (exact) mass is 578 g/mol. The summed E-state index contributed by atoms with van der Waals surface area (Å²) in [7, 11) is 2.20. The highest BCUT2D eigenvalue weighted by atomic mass is 32.2. The van der Waals surface area contributed by atoms with E-state index >= 15 is 0 Å². The van der Waals surface area contributed by atoms with Crippen molar-refractivity contribution in [3.63, 3.8) is 0 Å². The normalized spacial score (nSPS) is 24.4. The second-order valence-electron chi connectivity index (χ2n) is 11.5. The fourth-order valence-electron chi connectivity index (χ4n) is 6.06. The number of nitrogens with one attached hydrogen (secondary N) is 1. The molecule has 220 valence electrons. The Bertz CT molecular complexity index is 1260. The number of hydrogen-bond donors (Lipinski definition) is 2. The largest absolute Gasteiger partial charge is 0.470 e. The molecule has 0 aliphatic carbocycles. The molecule has 0 radical (unpaired) electrons. The fraction of sp³-hybridized carbons (Fsp3) is 0.533. The van der Waals surface area contributed by atoms with Crippen LogP contribution in [-0.2, 0) is 11.3 Å². The molecule has 5 heterocycles. The molecule has 6 rings (SSSR count). The molecule has 10 nitrogen and oxygen atoms in total. The van der Waals surface area contributed by atoms with Crippen LogP contribution in [-0.4, -0.2) is 84.7 Å². The molecule has 2 aromatic rings. The van der Waals surface area contributed by atoms with E-state index in [4.69, 9.17) is 9.72 Å². The van der Waals surface area contributed by atoms with Gasteiger partial charge in [-0.15, -0.1) is 5.10 Å². The first-order chi connectivity index (χ1) is 19.9. The molecule has 2 fully saturated rings. The van der Waals surface area contributed by atoms with Crippen LogP contribution in [0.3, 0.4) is 0 Å². The summed E-state index contributed by atoms with van der Waals surface area (Å²) in [4.78, 5) is 16.6. The molecule has 2 saturated heterocycles. The first-order valence-electron chi connectivity index (χ1n) is 14.4. The summed E-state index contributed by atoms with van der Waals surface area (Å²) < 4.78 is 9.64. The van der Waals surface area contributed by atoms with E-state index in [1.54, 1.807) is 6.20 Å². The smallest absolute Gasteiger partial charge is 0.243 e. The van der Waals surface area contributed by atoms with Crippen LogP contribution in [0, 0.1) is 11.3 Å². The van der Waals surface area contributed by atoms with Crippen LogP contribution in [0.25, 0.3) is 0 Å². The summed E-state index contributed by atoms with van der Waals surface area (Å²) in [5.74, 6) is 2.11. The summed E-state index contributed by atoms with van der Waals surface area (Å²) >= 11 is 1.48. The summed E-state index contributed by atoms with van der Waals surface area (Å²) in [5, 5.41) is 17.4. The predicted molar refractivity (Wildman–Crippen MR) is 169 cm³/mol. The maximum atomic E-state index is 9.22. The molecule has 0 spiro atoms. The van der Waals surface area contributed by atoms with Crippen LogP contribution in [0.5, 0.6) is 0 Å². The number of benzene rings is 1. The molecule has 1 aromatic heterocycles. The Morgan fingerprint density at radius 1 is 1.22 bits per heavy atom. The van der Waals surface area contributed by atoms with Crippen molar-refractivity contribution < 1.29 is 9.84 Å². The first-order valence-corrected chi connectivity index (χ1v) is 15.4. The highest BCUT2D eigenvalue weighted by molar-refractivity contribution is 8.00. The topological polar surface area (TPSA) is 102 Å². The third-order valence-corrected chi connectivity index (χ3v) is 9.19. The molecule has 2 N–H and O–H groups in total. The lowest BCUT2D eigenvalue weighted by atomic mass is 9.79. The van der Waals surface area contributed by atoms with E-state index in [-0.39, 0.29) is 18.6 Å². The Balaban J connectivity index is 1.51. The number of hydrogen-bond acceptors (Lipinski definition) is 11. The van der Waals surface area contributed by atoms with Gasteiger partial charge in [-0.1, -0.05) is 25.5 Å². The molecule has 41 heavy (non-hydrogen) atoms. The lowest BCUT2D eigenvalue weighted by molar-refractivity contribution is 0.168. The van der Waals surface area contributed by atoms with Crippen LogP contribution in [0.2, 0.25) is 0 Å². The van der Waals surface area contributed by atoms with Gasteiger partial charge in [0.05, 0.1) is 23.6 Å². The zero-order chi connectivity index (χ0) is 28.8. The Kier molecular flexibility index (Phi) is 9.34. The molecule has 1 atom stereocenters. The Morgan fingerprint density at radius 2 is 2.05 bits per heavy atom. The van der Waals surface area contributed by atoms with E-state index in [0.717, 1.165) is 87.0 Å². The van der Waals surface area contributed by atoms with Gasteiger partial charge in [-0.2, -0.15) is 5.10 Å². The van der Waals surface area contributed by atoms with Crippen LogP contribution in [0.1, 0.15) is 43.9 Å². The SMILES string of the molecule is C=N/N=C1\OCc2ccnc(n2)N2CCCC(C2)C(=C)N(C)CC2(C)CCN(CC2)c2cc(NSCCO)ccc21. The van der Waals surface area contributed by atoms with Gasteiger partial charge in [0.25, 0.3) is 0 Å². The first kappa shape index (κ1) is 29.2. The second kappa shape index (κ2) is 13.1. The third kappa shape index (κ3) is 6.95. The third-order valence-electron chi connectivity index (χ3n) is 8.43. The van der Waals surface area contributed by atoms with Crippen molar-refractivity contribution in [2.45, 2.75) is 39.2 Å². The van der Waals surface area contributed by atoms with Crippen LogP contribution in [0.15, 0.2) is 52.9 Å². The van der Waals surface area contributed by atoms with Gasteiger partial charge in [0.15, 0.2) is 0 Å². The van der Waals surface area contributed by atoms with Gasteiger partial charge in [0.2, 0.25) is 11.8 Å². The van der Waals surface area contributed by atoms with Crippen LogP contribution >= 0.6 is 11.9 Å². The highest BCUT2D eigenvalue weighted by Crippen LogP contribution is 2.38. The molecule has 11 heteroatoms. The number of piperidine rings is 2. The summed E-state index contributed by atoms with van der Waals surface area (Å²) in [6.07, 6.45) is 6.13. The molecule has 4 aliphatic rings. The molecule has 6 bridgehead atoms. The van der Waals surface area contributed by atoms with Crippen molar-refractivity contribution in [1.82, 2.24) is 14.9 Å². The standard InChI is InChI=1S/C30H42N8O2S/c1-22-23-6-5-13-38(19-23)29-32-12-9-25(33-29)20-40-28(34-31-3)26-8-7-24(35-41-17-16-39)18-27(26)37-14-10-30(2,11-15-37)21-36(22)4/h7-9,12,18,23,35,39H,1,3,5-6,10-11,13-17,19-21H2,2,4H3/b34-28-. The van der Waals surface area contributed by atoms with E-state index < -0.39 is 0 Å². The minimum atomic E-state index is 0.118. The van der Waals surface area contributed by atoms with E-state index in [9.17, 15) is 5.11 Å². The van der Waals surface area contributed by atoms with Gasteiger partial charge in [0.1, 0.15) is 6.61 Å². The number of nitrogens with zero attached hydrogens (tertiary/aromatic N) is 7. The number of rotatable bonds is 5. The van der Waals surface area contributed by atoms with Gasteiger partial charge in [-0.3, -0.25) is 0 Å². The van der Waals surface area contributed by atoms with Crippen molar-refractivity contribution >= 4 is 41.9 Å². The zero-order valence-electron chi connectivity index (χ0n) is 24.3. The quantitative estimate of drug-likeness (QED) is 0.232. The summed E-state index contributed by atoms with van der Waals surface area (Å²) in [6, 6.07) is 8.03. The molecule has 1 aromatic carbocycles. The van der Waals surface area contributed by atoms with Gasteiger partial charge in [-0.25, -0.2) is 9.97 Å².